The largest absolute Gasteiger partial charge is 0.480 e. The highest BCUT2D eigenvalue weighted by Gasteiger charge is 2.34. The summed E-state index contributed by atoms with van der Waals surface area (Å²) in [5.74, 6) is -1.70. The Labute approximate surface area is 311 Å². The molecule has 18 heteroatoms. The molecular weight excluding hydrogens is 758 g/mol. The van der Waals surface area contributed by atoms with Crippen LogP contribution in [0.25, 0.3) is 15.8 Å². The first kappa shape index (κ1) is 38.0. The Morgan fingerprint density at radius 1 is 1.12 bits per heavy atom. The molecule has 2 aromatic carbocycles. The van der Waals surface area contributed by atoms with E-state index in [1.54, 1.807) is 37.4 Å². The molecular formula is C33H30ClN5O8S4. The quantitative estimate of drug-likeness (QED) is 0.140. The van der Waals surface area contributed by atoms with E-state index in [0.717, 1.165) is 33.2 Å². The van der Waals surface area contributed by atoms with Crippen LogP contribution in [0.15, 0.2) is 70.8 Å². The molecule has 1 aromatic heterocycles. The van der Waals surface area contributed by atoms with Crippen LogP contribution >= 0.6 is 46.9 Å². The molecule has 0 unspecified atom stereocenters. The summed E-state index contributed by atoms with van der Waals surface area (Å²) in [7, 11) is -2.45. The number of thiocarbonyl (C=S) groups is 1. The Hall–Kier alpha value is -4.28. The maximum absolute atomic E-state index is 13.8. The third-order valence-corrected chi connectivity index (χ3v) is 11.6. The fourth-order valence-electron chi connectivity index (χ4n) is 5.51. The zero-order chi connectivity index (χ0) is 37.0. The van der Waals surface area contributed by atoms with Gasteiger partial charge in [0.1, 0.15) is 26.3 Å². The summed E-state index contributed by atoms with van der Waals surface area (Å²) in [6, 6.07) is 12.7. The van der Waals surface area contributed by atoms with Crippen molar-refractivity contribution >= 4 is 101 Å². The second-order valence-corrected chi connectivity index (χ2v) is 15.9. The van der Waals surface area contributed by atoms with Crippen molar-refractivity contribution in [3.05, 3.63) is 108 Å². The number of aliphatic hydroxyl groups excluding tert-OH is 1. The number of aromatic nitrogens is 1. The second kappa shape index (κ2) is 15.9. The minimum atomic E-state index is -4.23. The average molecular weight is 788 g/mol. The number of allylic oxidation sites excluding steroid dienone is 3. The summed E-state index contributed by atoms with van der Waals surface area (Å²) in [4.78, 5) is 47.2. The van der Waals surface area contributed by atoms with E-state index < -0.39 is 39.9 Å². The molecule has 2 aliphatic rings. The smallest absolute Gasteiger partial charge is 0.323 e. The number of carboxylic acid groups (broad SMARTS) is 1. The van der Waals surface area contributed by atoms with Crippen molar-refractivity contribution in [2.45, 2.75) is 19.4 Å². The lowest BCUT2D eigenvalue weighted by atomic mass is 10.0. The number of benzene rings is 2. The lowest BCUT2D eigenvalue weighted by Crippen LogP contribution is -2.36. The predicted octanol–water partition coefficient (Wildman–Crippen LogP) is 3.18. The number of aliphatic hydroxyl groups is 1. The average Bonchev–Trinajstić information content (AvgIpc) is 3.62. The molecule has 1 fully saturated rings. The molecule has 1 saturated heterocycles. The van der Waals surface area contributed by atoms with Crippen molar-refractivity contribution in [3.63, 3.8) is 0 Å². The minimum absolute atomic E-state index is 0.0448. The van der Waals surface area contributed by atoms with Gasteiger partial charge >= 0.3 is 5.97 Å². The SMILES string of the molecule is [C-]#[N+]c1cc2c(cc1Cl)N(C)C(=CC=C(C=c1sc(=C3SC(=S)N(CCO)C3=O)n(CC(=O)O)c1=O)Cc1ccccc1)N2CCCS(=O)(=O)O. The number of anilines is 2. The lowest BCUT2D eigenvalue weighted by Gasteiger charge is -2.22. The normalized spacial score (nSPS) is 17.2. The Kier molecular flexibility index (Phi) is 11.9. The van der Waals surface area contributed by atoms with Crippen LogP contribution < -0.4 is 24.6 Å². The number of carbonyl (C=O) groups is 2. The van der Waals surface area contributed by atoms with Crippen molar-refractivity contribution in [2.24, 2.45) is 0 Å². The molecule has 13 nitrogen and oxygen atoms in total. The van der Waals surface area contributed by atoms with Gasteiger partial charge in [-0.2, -0.15) is 8.42 Å². The molecule has 0 spiro atoms. The van der Waals surface area contributed by atoms with Gasteiger partial charge < -0.3 is 20.0 Å². The lowest BCUT2D eigenvalue weighted by molar-refractivity contribution is -0.137. The van der Waals surface area contributed by atoms with E-state index >= 15 is 0 Å². The third-order valence-electron chi connectivity index (χ3n) is 7.80. The first-order chi connectivity index (χ1) is 24.2. The van der Waals surface area contributed by atoms with Crippen LogP contribution in [0.2, 0.25) is 5.02 Å². The molecule has 0 saturated carbocycles. The number of hydrogen-bond acceptors (Lipinski definition) is 11. The third kappa shape index (κ3) is 8.61. The Balaban J connectivity index is 1.68. The summed E-state index contributed by atoms with van der Waals surface area (Å²) in [6.07, 6.45) is 5.60. The summed E-state index contributed by atoms with van der Waals surface area (Å²) >= 11 is 13.6. The number of thiazole rings is 1. The van der Waals surface area contributed by atoms with Gasteiger partial charge in [0.2, 0.25) is 5.69 Å². The van der Waals surface area contributed by atoms with Gasteiger partial charge in [-0.15, -0.1) is 11.3 Å². The topological polar surface area (TPSA) is 165 Å². The Morgan fingerprint density at radius 3 is 2.49 bits per heavy atom. The van der Waals surface area contributed by atoms with Crippen molar-refractivity contribution in [1.82, 2.24) is 9.47 Å². The number of hydrogen-bond donors (Lipinski definition) is 3. The highest BCUT2D eigenvalue weighted by molar-refractivity contribution is 8.30. The maximum Gasteiger partial charge on any atom is 0.323 e. The van der Waals surface area contributed by atoms with Crippen molar-refractivity contribution in [2.75, 3.05) is 42.3 Å². The number of β-amino-alcohol motifs (C(OH)–C–C–N with tert-alkyl or cyclic N) is 1. The molecule has 266 valence electrons. The molecule has 0 aliphatic carbocycles. The molecule has 0 bridgehead atoms. The molecule has 0 atom stereocenters. The van der Waals surface area contributed by atoms with Gasteiger partial charge in [0.05, 0.1) is 41.4 Å². The molecule has 1 amide bonds. The van der Waals surface area contributed by atoms with Gasteiger partial charge in [-0.25, -0.2) is 4.85 Å². The van der Waals surface area contributed by atoms with Crippen LogP contribution in [0.4, 0.5) is 17.1 Å². The summed E-state index contributed by atoms with van der Waals surface area (Å²) in [5, 5.41) is 19.3. The molecule has 0 radical (unpaired) electrons. The number of rotatable bonds is 12. The van der Waals surface area contributed by atoms with Gasteiger partial charge in [0, 0.05) is 18.6 Å². The first-order valence-corrected chi connectivity index (χ1v) is 19.2. The van der Waals surface area contributed by atoms with Crippen molar-refractivity contribution in [3.8, 4) is 0 Å². The van der Waals surface area contributed by atoms with Gasteiger partial charge in [0.25, 0.3) is 21.6 Å². The highest BCUT2D eigenvalue weighted by atomic mass is 35.5. The zero-order valence-electron chi connectivity index (χ0n) is 26.9. The van der Waals surface area contributed by atoms with Crippen LogP contribution in [-0.2, 0) is 32.7 Å². The molecule has 51 heavy (non-hydrogen) atoms. The molecule has 5 rings (SSSR count). The number of halogens is 1. The fourth-order valence-corrected chi connectivity index (χ4v) is 8.78. The molecule has 2 aliphatic heterocycles. The number of aliphatic carboxylic acids is 1. The summed E-state index contributed by atoms with van der Waals surface area (Å²) in [6.45, 7) is 6.63. The standard InChI is InChI=1S/C33H30ClN5O8S4/c1-35-23-18-25-24(17-22(23)34)36(2)27(37(25)11-6-14-51(45,46)47)10-9-21(15-20-7-4-3-5-8-20)16-26-30(43)39(19-28(41)42)32(49-26)29-31(44)38(12-13-40)33(48)50-29/h3-5,7-10,16-18,40H,6,11-15,19H2,2H3,(H,41,42)(H,45,46,47). The zero-order valence-corrected chi connectivity index (χ0v) is 30.9. The maximum atomic E-state index is 13.8. The van der Waals surface area contributed by atoms with Crippen molar-refractivity contribution < 1.29 is 32.8 Å². The van der Waals surface area contributed by atoms with Gasteiger partial charge in [-0.3, -0.25) is 28.4 Å². The second-order valence-electron chi connectivity index (χ2n) is 11.3. The Bertz CT molecular complexity index is 2310. The fraction of sp³-hybridized carbons (Fsp3) is 0.242. The van der Waals surface area contributed by atoms with E-state index in [1.165, 1.54) is 4.90 Å². The van der Waals surface area contributed by atoms with E-state index in [4.69, 9.17) is 30.4 Å². The van der Waals surface area contributed by atoms with Gasteiger partial charge in [0.15, 0.2) is 0 Å². The van der Waals surface area contributed by atoms with Crippen LogP contribution in [0.3, 0.4) is 0 Å². The molecule has 3 aromatic rings. The van der Waals surface area contributed by atoms with E-state index in [1.807, 2.05) is 40.1 Å². The number of thioether (sulfide) groups is 1. The van der Waals surface area contributed by atoms with Crippen molar-refractivity contribution in [1.29, 1.82) is 0 Å². The number of fused-ring (bicyclic) bond motifs is 1. The first-order valence-electron chi connectivity index (χ1n) is 15.2. The molecule has 3 N–H and O–H groups in total. The predicted molar refractivity (Wildman–Crippen MR) is 203 cm³/mol. The van der Waals surface area contributed by atoms with Crippen LogP contribution in [0.5, 0.6) is 0 Å². The number of carbonyl (C=O) groups excluding carboxylic acids is 1. The van der Waals surface area contributed by atoms with Crippen LogP contribution in [0, 0.1) is 6.57 Å². The molecule has 3 heterocycles. The number of nitrogens with zero attached hydrogens (tertiary/aromatic N) is 5. The van der Waals surface area contributed by atoms with E-state index in [2.05, 4.69) is 4.85 Å². The van der Waals surface area contributed by atoms with E-state index in [-0.39, 0.29) is 55.2 Å². The minimum Gasteiger partial charge on any atom is -0.480 e. The van der Waals surface area contributed by atoms with Gasteiger partial charge in [-0.1, -0.05) is 72.0 Å². The number of amides is 1. The van der Waals surface area contributed by atoms with Gasteiger partial charge in [-0.05, 0) is 48.3 Å². The van der Waals surface area contributed by atoms with Crippen LogP contribution in [-0.4, -0.2) is 81.3 Å². The highest BCUT2D eigenvalue weighted by Crippen LogP contribution is 2.46. The van der Waals surface area contributed by atoms with Crippen LogP contribution in [0.1, 0.15) is 12.0 Å². The number of carboxylic acids is 1. The van der Waals surface area contributed by atoms with E-state index in [9.17, 15) is 37.6 Å². The monoisotopic (exact) mass is 787 g/mol. The summed E-state index contributed by atoms with van der Waals surface area (Å²) in [5.41, 5.74) is 2.41. The Morgan fingerprint density at radius 2 is 1.84 bits per heavy atom. The van der Waals surface area contributed by atoms with E-state index in [0.29, 0.717) is 29.2 Å². The summed E-state index contributed by atoms with van der Waals surface area (Å²) < 4.78 is 33.9.